The monoisotopic (exact) mass is 498 g/mol. The van der Waals surface area contributed by atoms with E-state index < -0.39 is 0 Å². The number of hydrogen-bond donors (Lipinski definition) is 0. The number of rotatable bonds is 12. The minimum Gasteiger partial charge on any atom is -0.493 e. The van der Waals surface area contributed by atoms with Gasteiger partial charge in [0.1, 0.15) is 18.1 Å². The Hall–Kier alpha value is -3.26. The van der Waals surface area contributed by atoms with Gasteiger partial charge in [-0.25, -0.2) is 0 Å². The maximum atomic E-state index is 13.6. The summed E-state index contributed by atoms with van der Waals surface area (Å²) in [4.78, 5) is 30.8. The van der Waals surface area contributed by atoms with Crippen LogP contribution >= 0.6 is 11.3 Å². The molecule has 0 N–H and O–H groups in total. The smallest absolute Gasteiger partial charge is 0.264 e. The van der Waals surface area contributed by atoms with Crippen LogP contribution in [0.2, 0.25) is 0 Å². The molecule has 0 aliphatic heterocycles. The zero-order chi connectivity index (χ0) is 25.4. The van der Waals surface area contributed by atoms with E-state index in [0.29, 0.717) is 41.6 Å². The van der Waals surface area contributed by atoms with Crippen LogP contribution in [0.5, 0.6) is 11.5 Å². The zero-order valence-corrected chi connectivity index (χ0v) is 21.9. The van der Waals surface area contributed by atoms with Gasteiger partial charge in [-0.2, -0.15) is 0 Å². The molecule has 0 radical (unpaired) electrons. The van der Waals surface area contributed by atoms with Crippen molar-refractivity contribution in [3.8, 4) is 11.5 Å². The fourth-order valence-electron chi connectivity index (χ4n) is 3.79. The second-order valence-electron chi connectivity index (χ2n) is 8.43. The molecule has 0 aliphatic rings. The summed E-state index contributed by atoms with van der Waals surface area (Å²) in [6, 6.07) is 13.1. The van der Waals surface area contributed by atoms with E-state index >= 15 is 0 Å². The van der Waals surface area contributed by atoms with E-state index in [0.717, 1.165) is 17.7 Å². The Morgan fingerprint density at radius 3 is 2.46 bits per heavy atom. The molecule has 188 valence electrons. The number of benzene rings is 1. The van der Waals surface area contributed by atoms with Crippen LogP contribution in [0.1, 0.15) is 47.0 Å². The number of methoxy groups -OCH3 is 2. The third-order valence-electron chi connectivity index (χ3n) is 6.04. The average Bonchev–Trinajstić information content (AvgIpc) is 3.55. The first kappa shape index (κ1) is 26.3. The molecule has 2 amide bonds. The molecule has 0 unspecified atom stereocenters. The molecule has 3 aromatic rings. The van der Waals surface area contributed by atoms with Crippen LogP contribution in [-0.4, -0.2) is 55.0 Å². The molecular weight excluding hydrogens is 464 g/mol. The zero-order valence-electron chi connectivity index (χ0n) is 21.1. The molecule has 2 heterocycles. The van der Waals surface area contributed by atoms with Gasteiger partial charge >= 0.3 is 0 Å². The van der Waals surface area contributed by atoms with Gasteiger partial charge in [-0.05, 0) is 68.0 Å². The Morgan fingerprint density at radius 1 is 1.09 bits per heavy atom. The molecule has 0 aliphatic carbocycles. The Labute approximate surface area is 211 Å². The van der Waals surface area contributed by atoms with Crippen molar-refractivity contribution in [2.45, 2.75) is 46.2 Å². The van der Waals surface area contributed by atoms with Gasteiger partial charge in [0.15, 0.2) is 11.5 Å². The van der Waals surface area contributed by atoms with Crippen molar-refractivity contribution in [1.29, 1.82) is 0 Å². The summed E-state index contributed by atoms with van der Waals surface area (Å²) in [5.41, 5.74) is 1.02. The van der Waals surface area contributed by atoms with Gasteiger partial charge in [-0.1, -0.05) is 19.1 Å². The highest BCUT2D eigenvalue weighted by Gasteiger charge is 2.26. The second-order valence-corrected chi connectivity index (χ2v) is 9.38. The molecule has 0 spiro atoms. The van der Waals surface area contributed by atoms with Crippen molar-refractivity contribution < 1.29 is 23.5 Å². The van der Waals surface area contributed by atoms with Crippen LogP contribution < -0.4 is 9.47 Å². The lowest BCUT2D eigenvalue weighted by Crippen LogP contribution is -2.46. The summed E-state index contributed by atoms with van der Waals surface area (Å²) < 4.78 is 16.5. The third-order valence-corrected chi connectivity index (χ3v) is 6.89. The highest BCUT2D eigenvalue weighted by atomic mass is 32.1. The van der Waals surface area contributed by atoms with Crippen LogP contribution in [-0.2, 0) is 17.8 Å². The summed E-state index contributed by atoms with van der Waals surface area (Å²) in [7, 11) is 3.20. The van der Waals surface area contributed by atoms with E-state index in [1.807, 2.05) is 62.5 Å². The van der Waals surface area contributed by atoms with Crippen molar-refractivity contribution in [2.24, 2.45) is 0 Å². The molecule has 1 aromatic carbocycles. The number of hydrogen-bond acceptors (Lipinski definition) is 6. The summed E-state index contributed by atoms with van der Waals surface area (Å²) in [6.45, 7) is 6.69. The molecule has 0 saturated carbocycles. The van der Waals surface area contributed by atoms with E-state index in [4.69, 9.17) is 13.9 Å². The average molecular weight is 499 g/mol. The molecule has 3 rings (SSSR count). The number of carbonyl (C=O) groups excluding carboxylic acids is 2. The third kappa shape index (κ3) is 6.88. The predicted molar refractivity (Wildman–Crippen MR) is 137 cm³/mol. The number of thiophene rings is 1. The summed E-state index contributed by atoms with van der Waals surface area (Å²) in [5, 5.41) is 1.87. The predicted octanol–water partition coefficient (Wildman–Crippen LogP) is 5.18. The first-order chi connectivity index (χ1) is 16.9. The molecule has 2 aromatic heterocycles. The second kappa shape index (κ2) is 12.4. The molecule has 35 heavy (non-hydrogen) atoms. The van der Waals surface area contributed by atoms with Gasteiger partial charge in [0.2, 0.25) is 5.91 Å². The Balaban J connectivity index is 1.79. The largest absolute Gasteiger partial charge is 0.493 e. The topological polar surface area (TPSA) is 72.2 Å². The lowest BCUT2D eigenvalue weighted by Gasteiger charge is -2.31. The van der Waals surface area contributed by atoms with Gasteiger partial charge in [-0.15, -0.1) is 11.3 Å². The molecule has 0 fully saturated rings. The van der Waals surface area contributed by atoms with E-state index in [1.54, 1.807) is 30.1 Å². The lowest BCUT2D eigenvalue weighted by atomic mass is 10.1. The fourth-order valence-corrected chi connectivity index (χ4v) is 4.46. The van der Waals surface area contributed by atoms with E-state index in [1.165, 1.54) is 11.3 Å². The molecular formula is C27H34N2O5S. The van der Waals surface area contributed by atoms with E-state index in [9.17, 15) is 9.59 Å². The Kier molecular flexibility index (Phi) is 9.37. The van der Waals surface area contributed by atoms with Gasteiger partial charge in [0.05, 0.1) is 25.6 Å². The number of ether oxygens (including phenoxy) is 2. The van der Waals surface area contributed by atoms with Crippen LogP contribution in [0.15, 0.2) is 52.3 Å². The number of furan rings is 1. The van der Waals surface area contributed by atoms with Crippen LogP contribution in [0.3, 0.4) is 0 Å². The van der Waals surface area contributed by atoms with Crippen LogP contribution in [0.25, 0.3) is 0 Å². The summed E-state index contributed by atoms with van der Waals surface area (Å²) in [6.07, 6.45) is 1.38. The van der Waals surface area contributed by atoms with Crippen LogP contribution in [0, 0.1) is 6.92 Å². The number of nitrogens with zero attached hydrogens (tertiary/aromatic N) is 2. The highest BCUT2D eigenvalue weighted by Crippen LogP contribution is 2.28. The minimum atomic E-state index is -0.121. The van der Waals surface area contributed by atoms with Gasteiger partial charge in [0.25, 0.3) is 5.91 Å². The minimum absolute atomic E-state index is 0.0113. The standard InChI is InChI=1S/C27H34N2O5S/c1-6-19(2)29(27(31)25-8-7-15-35-25)18-26(30)28(17-22-11-9-20(3)34-22)14-13-21-10-12-23(32-4)24(16-21)33-5/h7-12,15-16,19H,6,13-14,17-18H2,1-5H3/t19-/m0/s1. The SMILES string of the molecule is CC[C@H](C)N(CC(=O)N(CCc1ccc(OC)c(OC)c1)Cc1ccc(C)o1)C(=O)c1cccs1. The number of aryl methyl sites for hydroxylation is 1. The molecule has 1 atom stereocenters. The molecule has 0 bridgehead atoms. The maximum Gasteiger partial charge on any atom is 0.264 e. The maximum absolute atomic E-state index is 13.6. The van der Waals surface area contributed by atoms with Crippen molar-refractivity contribution in [3.63, 3.8) is 0 Å². The normalized spacial score (nSPS) is 11.7. The van der Waals surface area contributed by atoms with Gasteiger partial charge < -0.3 is 23.7 Å². The van der Waals surface area contributed by atoms with Crippen LogP contribution in [0.4, 0.5) is 0 Å². The van der Waals surface area contributed by atoms with Crippen molar-refractivity contribution >= 4 is 23.2 Å². The van der Waals surface area contributed by atoms with Gasteiger partial charge in [0, 0.05) is 12.6 Å². The molecule has 0 saturated heterocycles. The number of carbonyl (C=O) groups is 2. The fraction of sp³-hybridized carbons (Fsp3) is 0.407. The van der Waals surface area contributed by atoms with E-state index in [2.05, 4.69) is 0 Å². The highest BCUT2D eigenvalue weighted by molar-refractivity contribution is 7.12. The Bertz CT molecular complexity index is 1110. The van der Waals surface area contributed by atoms with Crippen molar-refractivity contribution in [2.75, 3.05) is 27.3 Å². The molecule has 8 heteroatoms. The Morgan fingerprint density at radius 2 is 1.86 bits per heavy atom. The number of amides is 2. The first-order valence-electron chi connectivity index (χ1n) is 11.7. The lowest BCUT2D eigenvalue weighted by molar-refractivity contribution is -0.133. The van der Waals surface area contributed by atoms with Crippen molar-refractivity contribution in [3.05, 3.63) is 69.8 Å². The van der Waals surface area contributed by atoms with Gasteiger partial charge in [-0.3, -0.25) is 9.59 Å². The molecule has 7 nitrogen and oxygen atoms in total. The first-order valence-corrected chi connectivity index (χ1v) is 12.6. The van der Waals surface area contributed by atoms with E-state index in [-0.39, 0.29) is 24.4 Å². The summed E-state index contributed by atoms with van der Waals surface area (Å²) in [5.74, 6) is 2.57. The summed E-state index contributed by atoms with van der Waals surface area (Å²) >= 11 is 1.39. The van der Waals surface area contributed by atoms with Crippen molar-refractivity contribution in [1.82, 2.24) is 9.80 Å². The quantitative estimate of drug-likeness (QED) is 0.344.